The standard InChI is InChI=1S/C28H30FN3O6S/c1-28(2,3)38-27(35)31-9-5-6-21(31)16-7-8-17(19(29)12-16)20-15-32-22-14-23(37-11-10-36-4)18(25(33)34)13-24(22)39-26(32)30-20/h7-8,12-15,21H,5-6,9-11H2,1-4H3,(H,33,34). The molecule has 0 aliphatic carbocycles. The van der Waals surface area contributed by atoms with Crippen molar-refractivity contribution in [2.75, 3.05) is 26.9 Å². The fourth-order valence-corrected chi connectivity index (χ4v) is 5.80. The van der Waals surface area contributed by atoms with Crippen LogP contribution in [0.5, 0.6) is 5.75 Å². The largest absolute Gasteiger partial charge is 0.490 e. The van der Waals surface area contributed by atoms with Crippen molar-refractivity contribution in [1.29, 1.82) is 0 Å². The smallest absolute Gasteiger partial charge is 0.410 e. The normalized spacial score (nSPS) is 15.8. The lowest BCUT2D eigenvalue weighted by Gasteiger charge is -2.29. The molecule has 1 fully saturated rings. The summed E-state index contributed by atoms with van der Waals surface area (Å²) >= 11 is 1.31. The second-order valence-electron chi connectivity index (χ2n) is 10.4. The number of hydrogen-bond donors (Lipinski definition) is 1. The maximum absolute atomic E-state index is 15.4. The maximum atomic E-state index is 15.4. The Bertz CT molecular complexity index is 1560. The number of rotatable bonds is 7. The number of ether oxygens (including phenoxy) is 3. The minimum Gasteiger partial charge on any atom is -0.490 e. The highest BCUT2D eigenvalue weighted by Crippen LogP contribution is 2.37. The molecule has 39 heavy (non-hydrogen) atoms. The van der Waals surface area contributed by atoms with Crippen molar-refractivity contribution < 1.29 is 33.3 Å². The summed E-state index contributed by atoms with van der Waals surface area (Å²) < 4.78 is 34.2. The number of fused-ring (bicyclic) bond motifs is 3. The fraction of sp³-hybridized carbons (Fsp3) is 0.393. The molecule has 3 heterocycles. The van der Waals surface area contributed by atoms with Crippen molar-refractivity contribution in [3.63, 3.8) is 0 Å². The summed E-state index contributed by atoms with van der Waals surface area (Å²) in [6.07, 6.45) is 2.89. The fourth-order valence-electron chi connectivity index (χ4n) is 4.78. The van der Waals surface area contributed by atoms with Crippen LogP contribution in [0, 0.1) is 5.82 Å². The Morgan fingerprint density at radius 1 is 1.21 bits per heavy atom. The number of thiazole rings is 1. The van der Waals surface area contributed by atoms with Gasteiger partial charge in [-0.3, -0.25) is 4.40 Å². The number of aromatic nitrogens is 2. The lowest BCUT2D eigenvalue weighted by molar-refractivity contribution is 0.0224. The number of hydrogen-bond acceptors (Lipinski definition) is 7. The number of carboxylic acids is 1. The molecular formula is C28H30FN3O6S. The van der Waals surface area contributed by atoms with E-state index in [9.17, 15) is 14.7 Å². The summed E-state index contributed by atoms with van der Waals surface area (Å²) in [7, 11) is 1.54. The predicted molar refractivity (Wildman–Crippen MR) is 145 cm³/mol. The summed E-state index contributed by atoms with van der Waals surface area (Å²) in [5, 5.41) is 9.63. The zero-order chi connectivity index (χ0) is 27.9. The number of imidazole rings is 1. The van der Waals surface area contributed by atoms with Crippen LogP contribution in [0.15, 0.2) is 36.5 Å². The van der Waals surface area contributed by atoms with Gasteiger partial charge in [0.15, 0.2) is 4.96 Å². The number of benzene rings is 2. The van der Waals surface area contributed by atoms with Gasteiger partial charge in [0.2, 0.25) is 0 Å². The second-order valence-corrected chi connectivity index (χ2v) is 11.4. The van der Waals surface area contributed by atoms with Crippen molar-refractivity contribution >= 4 is 38.6 Å². The van der Waals surface area contributed by atoms with Crippen LogP contribution in [0.4, 0.5) is 9.18 Å². The SMILES string of the molecule is COCCOc1cc2c(cc1C(=O)O)sc1nc(-c3ccc(C4CCCN4C(=O)OC(C)(C)C)cc3F)cn12. The highest BCUT2D eigenvalue weighted by Gasteiger charge is 2.33. The molecular weight excluding hydrogens is 525 g/mol. The third-order valence-corrected chi connectivity index (χ3v) is 7.52. The minimum atomic E-state index is -1.09. The third-order valence-electron chi connectivity index (χ3n) is 6.51. The molecule has 1 atom stereocenters. The summed E-state index contributed by atoms with van der Waals surface area (Å²) in [6.45, 7) is 6.55. The van der Waals surface area contributed by atoms with Crippen LogP contribution in [0.2, 0.25) is 0 Å². The van der Waals surface area contributed by atoms with Crippen molar-refractivity contribution in [2.24, 2.45) is 0 Å². The van der Waals surface area contributed by atoms with Gasteiger partial charge < -0.3 is 24.2 Å². The predicted octanol–water partition coefficient (Wildman–Crippen LogP) is 6.15. The van der Waals surface area contributed by atoms with Crippen molar-refractivity contribution in [3.05, 3.63) is 53.5 Å². The van der Waals surface area contributed by atoms with Gasteiger partial charge in [0.05, 0.1) is 28.6 Å². The average molecular weight is 556 g/mol. The summed E-state index contributed by atoms with van der Waals surface area (Å²) in [5.74, 6) is -1.30. The monoisotopic (exact) mass is 555 g/mol. The zero-order valence-electron chi connectivity index (χ0n) is 22.2. The van der Waals surface area contributed by atoms with E-state index < -0.39 is 23.5 Å². The van der Waals surface area contributed by atoms with Gasteiger partial charge in [-0.05, 0) is 57.4 Å². The number of carbonyl (C=O) groups is 2. The topological polar surface area (TPSA) is 103 Å². The Balaban J connectivity index is 1.45. The van der Waals surface area contributed by atoms with Crippen molar-refractivity contribution in [1.82, 2.24) is 14.3 Å². The molecule has 0 radical (unpaired) electrons. The Kier molecular flexibility index (Phi) is 7.21. The van der Waals surface area contributed by atoms with E-state index in [-0.39, 0.29) is 24.0 Å². The number of carboxylic acid groups (broad SMARTS) is 1. The lowest BCUT2D eigenvalue weighted by atomic mass is 10.0. The van der Waals surface area contributed by atoms with Gasteiger partial charge in [0.1, 0.15) is 29.3 Å². The first-order valence-corrected chi connectivity index (χ1v) is 13.5. The number of aromatic carboxylic acids is 1. The number of amides is 1. The molecule has 1 aliphatic rings. The molecule has 1 unspecified atom stereocenters. The molecule has 1 N–H and O–H groups in total. The van der Waals surface area contributed by atoms with Crippen molar-refractivity contribution in [3.8, 4) is 17.0 Å². The molecule has 9 nitrogen and oxygen atoms in total. The maximum Gasteiger partial charge on any atom is 0.410 e. The van der Waals surface area contributed by atoms with Crippen LogP contribution in [0.1, 0.15) is 55.6 Å². The van der Waals surface area contributed by atoms with E-state index in [0.717, 1.165) is 17.5 Å². The van der Waals surface area contributed by atoms with Crippen LogP contribution in [0.25, 0.3) is 26.4 Å². The molecule has 4 aromatic rings. The quantitative estimate of drug-likeness (QED) is 0.273. The first-order chi connectivity index (χ1) is 18.6. The van der Waals surface area contributed by atoms with Gasteiger partial charge in [-0.25, -0.2) is 19.0 Å². The molecule has 0 spiro atoms. The van der Waals surface area contributed by atoms with Crippen LogP contribution < -0.4 is 4.74 Å². The van der Waals surface area contributed by atoms with E-state index in [1.807, 2.05) is 26.8 Å². The second kappa shape index (κ2) is 10.5. The Morgan fingerprint density at radius 3 is 2.69 bits per heavy atom. The molecule has 0 saturated carbocycles. The average Bonchev–Trinajstić information content (AvgIpc) is 3.57. The molecule has 5 rings (SSSR count). The summed E-state index contributed by atoms with van der Waals surface area (Å²) in [6, 6.07) is 7.96. The van der Waals surface area contributed by atoms with Gasteiger partial charge >= 0.3 is 12.1 Å². The minimum absolute atomic E-state index is 0.0531. The van der Waals surface area contributed by atoms with Gasteiger partial charge in [-0.2, -0.15) is 0 Å². The third kappa shape index (κ3) is 5.41. The highest BCUT2D eigenvalue weighted by molar-refractivity contribution is 7.23. The molecule has 0 bridgehead atoms. The van der Waals surface area contributed by atoms with Crippen LogP contribution in [0.3, 0.4) is 0 Å². The Labute approximate surface area is 228 Å². The molecule has 206 valence electrons. The van der Waals surface area contributed by atoms with Crippen molar-refractivity contribution in [2.45, 2.75) is 45.3 Å². The number of halogens is 1. The van der Waals surface area contributed by atoms with Crippen LogP contribution >= 0.6 is 11.3 Å². The number of nitrogens with zero attached hydrogens (tertiary/aromatic N) is 3. The first kappa shape index (κ1) is 26.9. The van der Waals surface area contributed by atoms with E-state index in [1.54, 1.807) is 33.7 Å². The number of methoxy groups -OCH3 is 1. The van der Waals surface area contributed by atoms with E-state index in [4.69, 9.17) is 14.2 Å². The molecule has 1 amide bonds. The van der Waals surface area contributed by atoms with Gasteiger partial charge in [-0.1, -0.05) is 17.4 Å². The van der Waals surface area contributed by atoms with Gasteiger partial charge in [0, 0.05) is 31.5 Å². The number of carbonyl (C=O) groups excluding carboxylic acids is 1. The van der Waals surface area contributed by atoms with E-state index >= 15 is 4.39 Å². The van der Waals surface area contributed by atoms with E-state index in [0.29, 0.717) is 40.5 Å². The summed E-state index contributed by atoms with van der Waals surface area (Å²) in [4.78, 5) is 31.4. The van der Waals surface area contributed by atoms with Crippen LogP contribution in [-0.2, 0) is 9.47 Å². The lowest BCUT2D eigenvalue weighted by Crippen LogP contribution is -2.36. The molecule has 2 aromatic carbocycles. The first-order valence-electron chi connectivity index (χ1n) is 12.7. The Hall–Kier alpha value is -3.70. The molecule has 2 aromatic heterocycles. The number of likely N-dealkylation sites (tertiary alicyclic amines) is 1. The molecule has 11 heteroatoms. The zero-order valence-corrected chi connectivity index (χ0v) is 23.0. The van der Waals surface area contributed by atoms with E-state index in [1.165, 1.54) is 24.5 Å². The highest BCUT2D eigenvalue weighted by atomic mass is 32.1. The van der Waals surface area contributed by atoms with Gasteiger partial charge in [0.25, 0.3) is 0 Å². The molecule has 1 saturated heterocycles. The Morgan fingerprint density at radius 2 is 2.00 bits per heavy atom. The summed E-state index contributed by atoms with van der Waals surface area (Å²) in [5.41, 5.74) is 1.66. The van der Waals surface area contributed by atoms with Gasteiger partial charge in [-0.15, -0.1) is 0 Å². The van der Waals surface area contributed by atoms with E-state index in [2.05, 4.69) is 4.98 Å². The van der Waals surface area contributed by atoms with Crippen LogP contribution in [-0.4, -0.2) is 63.9 Å². The molecule has 1 aliphatic heterocycles.